The lowest BCUT2D eigenvalue weighted by atomic mass is 10.0. The van der Waals surface area contributed by atoms with Crippen LogP contribution in [0.4, 0.5) is 0 Å². The smallest absolute Gasteiger partial charge is 0.227 e. The fourth-order valence-electron chi connectivity index (χ4n) is 3.47. The highest BCUT2D eigenvalue weighted by atomic mass is 16.3. The van der Waals surface area contributed by atoms with Crippen molar-refractivity contribution in [3.63, 3.8) is 0 Å². The predicted molar refractivity (Wildman–Crippen MR) is 101 cm³/mol. The Balaban J connectivity index is 1.76. The number of benzene rings is 2. The highest BCUT2D eigenvalue weighted by Gasteiger charge is 2.28. The fourth-order valence-corrected chi connectivity index (χ4v) is 3.47. The molecule has 5 heteroatoms. The largest absolute Gasteiger partial charge is 0.508 e. The fraction of sp³-hybridized carbons (Fsp3) is 0.381. The third-order valence-electron chi connectivity index (χ3n) is 5.06. The van der Waals surface area contributed by atoms with Gasteiger partial charge < -0.3 is 15.1 Å². The Bertz CT molecular complexity index is 735. The minimum atomic E-state index is -0.284. The first-order valence-electron chi connectivity index (χ1n) is 9.02. The quantitative estimate of drug-likeness (QED) is 0.835. The van der Waals surface area contributed by atoms with E-state index >= 15 is 0 Å². The van der Waals surface area contributed by atoms with E-state index in [2.05, 4.69) is 4.90 Å². The summed E-state index contributed by atoms with van der Waals surface area (Å²) >= 11 is 0. The molecule has 0 aromatic heterocycles. The van der Waals surface area contributed by atoms with Crippen LogP contribution in [0.1, 0.15) is 23.6 Å². The Kier molecular flexibility index (Phi) is 5.91. The number of hydrogen-bond acceptors (Lipinski definition) is 4. The molecule has 0 saturated carbocycles. The first-order chi connectivity index (χ1) is 12.5. The summed E-state index contributed by atoms with van der Waals surface area (Å²) in [5.74, 6) is 0.105. The topological polar surface area (TPSA) is 64.0 Å². The van der Waals surface area contributed by atoms with Gasteiger partial charge in [-0.1, -0.05) is 48.5 Å². The van der Waals surface area contributed by atoms with Gasteiger partial charge in [0, 0.05) is 32.2 Å². The molecule has 2 atom stereocenters. The Morgan fingerprint density at radius 2 is 1.88 bits per heavy atom. The number of carbonyl (C=O) groups is 1. The Hall–Kier alpha value is -2.37. The molecular weight excluding hydrogens is 328 g/mol. The number of aliphatic hydroxyl groups excluding tert-OH is 1. The van der Waals surface area contributed by atoms with Gasteiger partial charge in [-0.25, -0.2) is 0 Å². The SMILES string of the molecule is CN(C(=O)Cc1ccccc1O)C(CN1CCC(O)C1)c1ccccc1. The lowest BCUT2D eigenvalue weighted by Crippen LogP contribution is -2.39. The maximum Gasteiger partial charge on any atom is 0.227 e. The summed E-state index contributed by atoms with van der Waals surface area (Å²) in [5, 5.41) is 19.8. The lowest BCUT2D eigenvalue weighted by molar-refractivity contribution is -0.131. The van der Waals surface area contributed by atoms with Crippen LogP contribution in [0.15, 0.2) is 54.6 Å². The molecular formula is C21H26N2O3. The Morgan fingerprint density at radius 1 is 1.19 bits per heavy atom. The normalized spacial score (nSPS) is 18.6. The average Bonchev–Trinajstić information content (AvgIpc) is 3.06. The van der Waals surface area contributed by atoms with Gasteiger partial charge in [0.1, 0.15) is 5.75 Å². The minimum Gasteiger partial charge on any atom is -0.508 e. The predicted octanol–water partition coefficient (Wildman–Crippen LogP) is 2.20. The van der Waals surface area contributed by atoms with Crippen molar-refractivity contribution < 1.29 is 15.0 Å². The summed E-state index contributed by atoms with van der Waals surface area (Å²) < 4.78 is 0. The van der Waals surface area contributed by atoms with Gasteiger partial charge in [-0.3, -0.25) is 9.69 Å². The van der Waals surface area contributed by atoms with Crippen LogP contribution in [0.2, 0.25) is 0 Å². The molecule has 1 aliphatic heterocycles. The summed E-state index contributed by atoms with van der Waals surface area (Å²) in [6.07, 6.45) is 0.653. The zero-order valence-electron chi connectivity index (χ0n) is 15.1. The molecule has 2 aromatic rings. The molecule has 5 nitrogen and oxygen atoms in total. The third-order valence-corrected chi connectivity index (χ3v) is 5.06. The van der Waals surface area contributed by atoms with E-state index < -0.39 is 0 Å². The summed E-state index contributed by atoms with van der Waals surface area (Å²) in [6, 6.07) is 16.8. The van der Waals surface area contributed by atoms with E-state index in [0.717, 1.165) is 18.5 Å². The van der Waals surface area contributed by atoms with Crippen LogP contribution in [0.5, 0.6) is 5.75 Å². The van der Waals surface area contributed by atoms with E-state index in [-0.39, 0.29) is 30.2 Å². The second-order valence-corrected chi connectivity index (χ2v) is 6.94. The number of phenols is 1. The zero-order valence-corrected chi connectivity index (χ0v) is 15.1. The molecule has 1 saturated heterocycles. The zero-order chi connectivity index (χ0) is 18.5. The number of aromatic hydroxyl groups is 1. The van der Waals surface area contributed by atoms with Crippen molar-refractivity contribution in [2.45, 2.75) is 25.0 Å². The van der Waals surface area contributed by atoms with E-state index in [4.69, 9.17) is 0 Å². The highest BCUT2D eigenvalue weighted by Crippen LogP contribution is 2.25. The van der Waals surface area contributed by atoms with Crippen molar-refractivity contribution >= 4 is 5.91 Å². The highest BCUT2D eigenvalue weighted by molar-refractivity contribution is 5.79. The third kappa shape index (κ3) is 4.42. The van der Waals surface area contributed by atoms with E-state index in [1.54, 1.807) is 23.1 Å². The molecule has 26 heavy (non-hydrogen) atoms. The molecule has 0 radical (unpaired) electrons. The minimum absolute atomic E-state index is 0.0416. The van der Waals surface area contributed by atoms with E-state index in [1.807, 2.05) is 43.4 Å². The number of rotatable bonds is 6. The maximum atomic E-state index is 12.9. The van der Waals surface area contributed by atoms with Crippen molar-refractivity contribution in [3.8, 4) is 5.75 Å². The number of carbonyl (C=O) groups excluding carboxylic acids is 1. The molecule has 0 aliphatic carbocycles. The van der Waals surface area contributed by atoms with Gasteiger partial charge in [0.2, 0.25) is 5.91 Å². The molecule has 3 rings (SSSR count). The van der Waals surface area contributed by atoms with Gasteiger partial charge in [0.05, 0.1) is 18.6 Å². The molecule has 2 N–H and O–H groups in total. The number of likely N-dealkylation sites (tertiary alicyclic amines) is 1. The summed E-state index contributed by atoms with van der Waals surface area (Å²) in [4.78, 5) is 16.8. The van der Waals surface area contributed by atoms with Crippen LogP contribution in [-0.4, -0.2) is 58.7 Å². The first-order valence-corrected chi connectivity index (χ1v) is 9.02. The molecule has 2 aromatic carbocycles. The number of likely N-dealkylation sites (N-methyl/N-ethyl adjacent to an activating group) is 1. The van der Waals surface area contributed by atoms with Gasteiger partial charge in [0.25, 0.3) is 0 Å². The summed E-state index contributed by atoms with van der Waals surface area (Å²) in [5.41, 5.74) is 1.70. The van der Waals surface area contributed by atoms with Crippen molar-refractivity contribution in [2.24, 2.45) is 0 Å². The van der Waals surface area contributed by atoms with Gasteiger partial charge in [-0.2, -0.15) is 0 Å². The van der Waals surface area contributed by atoms with Crippen LogP contribution < -0.4 is 0 Å². The van der Waals surface area contributed by atoms with E-state index in [0.29, 0.717) is 18.7 Å². The summed E-state index contributed by atoms with van der Waals surface area (Å²) in [7, 11) is 1.81. The van der Waals surface area contributed by atoms with E-state index in [9.17, 15) is 15.0 Å². The van der Waals surface area contributed by atoms with Crippen LogP contribution in [0.25, 0.3) is 0 Å². The standard InChI is InChI=1S/C21H26N2O3/c1-22(21(26)13-17-9-5-6-10-20(17)25)19(16-7-3-2-4-8-16)15-23-12-11-18(24)14-23/h2-10,18-19,24-25H,11-15H2,1H3. The van der Waals surface area contributed by atoms with Crippen LogP contribution in [0, 0.1) is 0 Å². The Labute approximate surface area is 154 Å². The van der Waals surface area contributed by atoms with Crippen molar-refractivity contribution in [1.29, 1.82) is 0 Å². The molecule has 1 aliphatic rings. The molecule has 1 fully saturated rings. The molecule has 0 bridgehead atoms. The van der Waals surface area contributed by atoms with Crippen LogP contribution >= 0.6 is 0 Å². The monoisotopic (exact) mass is 354 g/mol. The number of phenolic OH excluding ortho intramolecular Hbond substituents is 1. The number of amides is 1. The number of β-amino-alcohol motifs (C(OH)–C–C–N with tert-alkyl or cyclic N) is 1. The van der Waals surface area contributed by atoms with Crippen LogP contribution in [-0.2, 0) is 11.2 Å². The van der Waals surface area contributed by atoms with Crippen molar-refractivity contribution in [1.82, 2.24) is 9.80 Å². The molecule has 1 heterocycles. The number of hydrogen-bond donors (Lipinski definition) is 2. The lowest BCUT2D eigenvalue weighted by Gasteiger charge is -2.32. The first kappa shape index (κ1) is 18.4. The molecule has 138 valence electrons. The second-order valence-electron chi connectivity index (χ2n) is 6.94. The van der Waals surface area contributed by atoms with Gasteiger partial charge >= 0.3 is 0 Å². The number of para-hydroxylation sites is 1. The Morgan fingerprint density at radius 3 is 2.54 bits per heavy atom. The second kappa shape index (κ2) is 8.34. The van der Waals surface area contributed by atoms with Gasteiger partial charge in [-0.15, -0.1) is 0 Å². The molecule has 1 amide bonds. The number of nitrogens with zero attached hydrogens (tertiary/aromatic N) is 2. The number of aliphatic hydroxyl groups is 1. The van der Waals surface area contributed by atoms with Gasteiger partial charge in [-0.05, 0) is 18.1 Å². The van der Waals surface area contributed by atoms with Crippen molar-refractivity contribution in [2.75, 3.05) is 26.7 Å². The van der Waals surface area contributed by atoms with E-state index in [1.165, 1.54) is 0 Å². The maximum absolute atomic E-state index is 12.9. The molecule has 0 spiro atoms. The molecule has 2 unspecified atom stereocenters. The summed E-state index contributed by atoms with van der Waals surface area (Å²) in [6.45, 7) is 2.17. The van der Waals surface area contributed by atoms with Crippen molar-refractivity contribution in [3.05, 3.63) is 65.7 Å². The van der Waals surface area contributed by atoms with Gasteiger partial charge in [0.15, 0.2) is 0 Å². The van der Waals surface area contributed by atoms with Crippen LogP contribution in [0.3, 0.4) is 0 Å². The average molecular weight is 354 g/mol.